The van der Waals surface area contributed by atoms with E-state index < -0.39 is 11.4 Å². The fraction of sp³-hybridized carbons (Fsp3) is 0.588. The van der Waals surface area contributed by atoms with E-state index in [0.717, 1.165) is 13.1 Å². The van der Waals surface area contributed by atoms with Gasteiger partial charge in [-0.05, 0) is 18.6 Å². The maximum atomic E-state index is 13.8. The summed E-state index contributed by atoms with van der Waals surface area (Å²) in [4.78, 5) is 16.2. The summed E-state index contributed by atoms with van der Waals surface area (Å²) in [5, 5.41) is 11.0. The maximum absolute atomic E-state index is 13.8. The summed E-state index contributed by atoms with van der Waals surface area (Å²) in [6.07, 6.45) is 0.445. The zero-order valence-electron chi connectivity index (χ0n) is 13.5. The number of nitrogens with zero attached hydrogens (tertiary/aromatic N) is 2. The fourth-order valence-electron chi connectivity index (χ4n) is 3.34. The summed E-state index contributed by atoms with van der Waals surface area (Å²) in [6.45, 7) is 4.21. The van der Waals surface area contributed by atoms with Crippen molar-refractivity contribution < 1.29 is 19.0 Å². The molecule has 0 radical (unpaired) electrons. The van der Waals surface area contributed by atoms with E-state index in [0.29, 0.717) is 32.7 Å². The number of hydrogen-bond donors (Lipinski definition) is 1. The predicted molar refractivity (Wildman–Crippen MR) is 88.5 cm³/mol. The normalized spacial score (nSPS) is 25.2. The van der Waals surface area contributed by atoms with Gasteiger partial charge in [-0.25, -0.2) is 4.39 Å². The lowest BCUT2D eigenvalue weighted by Crippen LogP contribution is -2.49. The van der Waals surface area contributed by atoms with Gasteiger partial charge in [0.2, 0.25) is 5.91 Å². The number of rotatable bonds is 4. The molecule has 0 aromatic heterocycles. The van der Waals surface area contributed by atoms with Gasteiger partial charge in [0.1, 0.15) is 5.82 Å². The van der Waals surface area contributed by atoms with E-state index in [1.165, 1.54) is 12.1 Å². The smallest absolute Gasteiger partial charge is 0.227 e. The van der Waals surface area contributed by atoms with Crippen molar-refractivity contribution in [1.82, 2.24) is 9.80 Å². The van der Waals surface area contributed by atoms with E-state index in [4.69, 9.17) is 16.3 Å². The monoisotopic (exact) mass is 356 g/mol. The van der Waals surface area contributed by atoms with Crippen LogP contribution in [0.2, 0.25) is 5.02 Å². The molecule has 0 aliphatic carbocycles. The number of carbonyl (C=O) groups excluding carboxylic acids is 1. The molecule has 132 valence electrons. The molecule has 2 heterocycles. The molecule has 0 spiro atoms. The summed E-state index contributed by atoms with van der Waals surface area (Å²) in [5.41, 5.74) is -0.695. The van der Waals surface area contributed by atoms with Crippen LogP contribution in [0.15, 0.2) is 18.2 Å². The third kappa shape index (κ3) is 4.06. The zero-order valence-corrected chi connectivity index (χ0v) is 14.3. The number of morpholine rings is 1. The lowest BCUT2D eigenvalue weighted by Gasteiger charge is -2.33. The number of carbonyl (C=O) groups is 1. The van der Waals surface area contributed by atoms with Crippen molar-refractivity contribution in [1.29, 1.82) is 0 Å². The summed E-state index contributed by atoms with van der Waals surface area (Å²) in [6, 6.07) is 4.39. The van der Waals surface area contributed by atoms with Crippen LogP contribution < -0.4 is 0 Å². The third-order valence-corrected chi connectivity index (χ3v) is 5.05. The van der Waals surface area contributed by atoms with Gasteiger partial charge in [-0.3, -0.25) is 9.69 Å². The SMILES string of the molecule is O=C(Cc1c(F)cccc1Cl)N1CC[C@@](O)(CN2CCOCC2)C1. The van der Waals surface area contributed by atoms with E-state index in [2.05, 4.69) is 4.90 Å². The molecule has 0 unspecified atom stereocenters. The lowest BCUT2D eigenvalue weighted by atomic mass is 10.0. The summed E-state index contributed by atoms with van der Waals surface area (Å²) >= 11 is 5.99. The van der Waals surface area contributed by atoms with Crippen LogP contribution in [-0.2, 0) is 16.0 Å². The van der Waals surface area contributed by atoms with Crippen LogP contribution in [0.4, 0.5) is 4.39 Å². The number of amides is 1. The topological polar surface area (TPSA) is 53.0 Å². The molecule has 0 bridgehead atoms. The Morgan fingerprint density at radius 2 is 2.08 bits per heavy atom. The fourth-order valence-corrected chi connectivity index (χ4v) is 3.57. The van der Waals surface area contributed by atoms with Crippen molar-refractivity contribution in [3.05, 3.63) is 34.6 Å². The highest BCUT2D eigenvalue weighted by molar-refractivity contribution is 6.31. The van der Waals surface area contributed by atoms with Crippen LogP contribution in [0.1, 0.15) is 12.0 Å². The second-order valence-electron chi connectivity index (χ2n) is 6.56. The first kappa shape index (κ1) is 17.6. The Morgan fingerprint density at radius 1 is 1.33 bits per heavy atom. The van der Waals surface area contributed by atoms with Gasteiger partial charge in [0.25, 0.3) is 0 Å². The molecule has 2 fully saturated rings. The van der Waals surface area contributed by atoms with Gasteiger partial charge in [0, 0.05) is 36.8 Å². The number of hydrogen-bond acceptors (Lipinski definition) is 4. The molecule has 2 aliphatic rings. The quantitative estimate of drug-likeness (QED) is 0.884. The minimum absolute atomic E-state index is 0.0842. The largest absolute Gasteiger partial charge is 0.387 e. The molecular formula is C17H22ClFN2O3. The number of halogens is 2. The Balaban J connectivity index is 1.59. The molecular weight excluding hydrogens is 335 g/mol. The van der Waals surface area contributed by atoms with E-state index in [1.807, 2.05) is 0 Å². The van der Waals surface area contributed by atoms with E-state index in [9.17, 15) is 14.3 Å². The van der Waals surface area contributed by atoms with Gasteiger partial charge in [0.15, 0.2) is 0 Å². The summed E-state index contributed by atoms with van der Waals surface area (Å²) in [7, 11) is 0. The van der Waals surface area contributed by atoms with Crippen molar-refractivity contribution >= 4 is 17.5 Å². The molecule has 24 heavy (non-hydrogen) atoms. The van der Waals surface area contributed by atoms with Crippen molar-refractivity contribution in [2.24, 2.45) is 0 Å². The molecule has 0 saturated carbocycles. The van der Waals surface area contributed by atoms with Gasteiger partial charge < -0.3 is 14.7 Å². The van der Waals surface area contributed by atoms with Crippen molar-refractivity contribution in [3.63, 3.8) is 0 Å². The van der Waals surface area contributed by atoms with E-state index in [-0.39, 0.29) is 29.5 Å². The minimum atomic E-state index is -0.911. The Kier molecular flexibility index (Phi) is 5.39. The minimum Gasteiger partial charge on any atom is -0.387 e. The average molecular weight is 357 g/mol. The molecule has 7 heteroatoms. The van der Waals surface area contributed by atoms with Crippen molar-refractivity contribution in [2.45, 2.75) is 18.4 Å². The van der Waals surface area contributed by atoms with Crippen LogP contribution in [0, 0.1) is 5.82 Å². The molecule has 2 saturated heterocycles. The van der Waals surface area contributed by atoms with Crippen molar-refractivity contribution in [3.8, 4) is 0 Å². The molecule has 1 aromatic carbocycles. The van der Waals surface area contributed by atoms with E-state index in [1.54, 1.807) is 11.0 Å². The Hall–Kier alpha value is -1.21. The maximum Gasteiger partial charge on any atom is 0.227 e. The van der Waals surface area contributed by atoms with Gasteiger partial charge in [-0.1, -0.05) is 17.7 Å². The van der Waals surface area contributed by atoms with Gasteiger partial charge in [-0.15, -0.1) is 0 Å². The second kappa shape index (κ2) is 7.35. The number of likely N-dealkylation sites (tertiary alicyclic amines) is 1. The highest BCUT2D eigenvalue weighted by atomic mass is 35.5. The van der Waals surface area contributed by atoms with Crippen LogP contribution in [0.25, 0.3) is 0 Å². The number of benzene rings is 1. The highest BCUT2D eigenvalue weighted by Gasteiger charge is 2.39. The first-order chi connectivity index (χ1) is 11.5. The second-order valence-corrected chi connectivity index (χ2v) is 6.96. The molecule has 1 N–H and O–H groups in total. The number of aliphatic hydroxyl groups is 1. The average Bonchev–Trinajstić information content (AvgIpc) is 2.94. The zero-order chi connectivity index (χ0) is 17.2. The van der Waals surface area contributed by atoms with Crippen LogP contribution in [0.3, 0.4) is 0 Å². The highest BCUT2D eigenvalue weighted by Crippen LogP contribution is 2.25. The molecule has 3 rings (SSSR count). The molecule has 1 amide bonds. The summed E-state index contributed by atoms with van der Waals surface area (Å²) in [5.74, 6) is -0.682. The first-order valence-electron chi connectivity index (χ1n) is 8.20. The third-order valence-electron chi connectivity index (χ3n) is 4.70. The predicted octanol–water partition coefficient (Wildman–Crippen LogP) is 1.32. The van der Waals surface area contributed by atoms with Crippen molar-refractivity contribution in [2.75, 3.05) is 45.9 Å². The van der Waals surface area contributed by atoms with Gasteiger partial charge >= 0.3 is 0 Å². The van der Waals surface area contributed by atoms with Crippen LogP contribution in [-0.4, -0.2) is 72.4 Å². The Bertz CT molecular complexity index is 589. The van der Waals surface area contributed by atoms with Gasteiger partial charge in [0.05, 0.1) is 31.8 Å². The Labute approximate surface area is 145 Å². The molecule has 2 aliphatic heterocycles. The molecule has 5 nitrogen and oxygen atoms in total. The van der Waals surface area contributed by atoms with Crippen LogP contribution in [0.5, 0.6) is 0 Å². The van der Waals surface area contributed by atoms with E-state index >= 15 is 0 Å². The Morgan fingerprint density at radius 3 is 2.79 bits per heavy atom. The number of β-amino-alcohol motifs (C(OH)–C–C–N with tert-alkyl or cyclic N) is 1. The molecule has 1 atom stereocenters. The first-order valence-corrected chi connectivity index (χ1v) is 8.58. The number of ether oxygens (including phenoxy) is 1. The molecule has 1 aromatic rings. The standard InChI is InChI=1S/C17H22ClFN2O3/c18-14-2-1-3-15(19)13(14)10-16(22)21-5-4-17(23,12-21)11-20-6-8-24-9-7-20/h1-3,23H,4-12H2/t17-/m1/s1. The van der Waals surface area contributed by atoms with Gasteiger partial charge in [-0.2, -0.15) is 0 Å². The summed E-state index contributed by atoms with van der Waals surface area (Å²) < 4.78 is 19.1. The lowest BCUT2D eigenvalue weighted by molar-refractivity contribution is -0.130. The van der Waals surface area contributed by atoms with Crippen LogP contribution >= 0.6 is 11.6 Å².